The van der Waals surface area contributed by atoms with Crippen molar-refractivity contribution in [1.29, 1.82) is 0 Å². The predicted molar refractivity (Wildman–Crippen MR) is 154 cm³/mol. The van der Waals surface area contributed by atoms with Crippen molar-refractivity contribution in [2.24, 2.45) is 0 Å². The van der Waals surface area contributed by atoms with E-state index >= 15 is 0 Å². The summed E-state index contributed by atoms with van der Waals surface area (Å²) in [6.45, 7) is 2.02. The van der Waals surface area contributed by atoms with Crippen molar-refractivity contribution in [1.82, 2.24) is 19.7 Å². The summed E-state index contributed by atoms with van der Waals surface area (Å²) in [6.07, 6.45) is 0. The summed E-state index contributed by atoms with van der Waals surface area (Å²) in [6, 6.07) is 22.3. The zero-order valence-corrected chi connectivity index (χ0v) is 23.6. The lowest BCUT2D eigenvalue weighted by molar-refractivity contribution is -0.113. The lowest BCUT2D eigenvalue weighted by Crippen LogP contribution is -2.15. The molecule has 2 heterocycles. The number of anilines is 1. The second-order valence-corrected chi connectivity index (χ2v) is 12.4. The number of hydrogen-bond acceptors (Lipinski definition) is 10. The van der Waals surface area contributed by atoms with Crippen LogP contribution >= 0.6 is 23.1 Å². The van der Waals surface area contributed by atoms with Crippen LogP contribution in [0.1, 0.15) is 23.1 Å². The van der Waals surface area contributed by atoms with Crippen LogP contribution in [0.25, 0.3) is 15.9 Å². The Balaban J connectivity index is 1.32. The molecule has 0 saturated heterocycles. The van der Waals surface area contributed by atoms with Gasteiger partial charge in [0.25, 0.3) is 0 Å². The smallest absolute Gasteiger partial charge is 0.338 e. The molecule has 5 aromatic rings. The maximum atomic E-state index is 13.0. The number of fused-ring (bicyclic) bond motifs is 1. The Morgan fingerprint density at radius 3 is 2.45 bits per heavy atom. The van der Waals surface area contributed by atoms with Crippen LogP contribution < -0.4 is 5.32 Å². The molecule has 0 aliphatic heterocycles. The highest BCUT2D eigenvalue weighted by atomic mass is 32.2. The second-order valence-electron chi connectivity index (χ2n) is 8.40. The third kappa shape index (κ3) is 6.22. The summed E-state index contributed by atoms with van der Waals surface area (Å²) in [5.74, 6) is -0.874. The molecule has 5 rings (SSSR count). The fraction of sp³-hybridized carbons (Fsp3) is 0.148. The first-order valence-electron chi connectivity index (χ1n) is 12.1. The van der Waals surface area contributed by atoms with Crippen molar-refractivity contribution >= 4 is 60.2 Å². The van der Waals surface area contributed by atoms with Crippen LogP contribution in [0.2, 0.25) is 0 Å². The number of hydrogen-bond donors (Lipinski definition) is 1. The van der Waals surface area contributed by atoms with Crippen molar-refractivity contribution < 1.29 is 22.7 Å². The minimum Gasteiger partial charge on any atom is -0.462 e. The fourth-order valence-corrected chi connectivity index (χ4v) is 6.77. The van der Waals surface area contributed by atoms with E-state index in [4.69, 9.17) is 4.74 Å². The number of amides is 1. The molecular weight excluding hydrogens is 571 g/mol. The van der Waals surface area contributed by atoms with Gasteiger partial charge >= 0.3 is 5.97 Å². The Kier molecular flexibility index (Phi) is 8.24. The zero-order valence-electron chi connectivity index (χ0n) is 21.2. The van der Waals surface area contributed by atoms with E-state index in [1.807, 2.05) is 30.3 Å². The molecule has 0 spiro atoms. The van der Waals surface area contributed by atoms with Crippen LogP contribution in [0.15, 0.2) is 88.9 Å². The number of ether oxygens (including phenoxy) is 1. The summed E-state index contributed by atoms with van der Waals surface area (Å²) in [5, 5.41) is 11.9. The van der Waals surface area contributed by atoms with Gasteiger partial charge in [-0.05, 0) is 49.4 Å². The SMILES string of the molecule is CCOC(=O)c1ccc2nc(NC(=O)CSc3nnc(CS(=O)(=O)c4ccccc4)n3-c3ccccc3)sc2c1. The number of esters is 1. The van der Waals surface area contributed by atoms with Gasteiger partial charge in [-0.15, -0.1) is 10.2 Å². The average Bonchev–Trinajstić information content (AvgIpc) is 3.55. The van der Waals surface area contributed by atoms with Gasteiger partial charge in [-0.2, -0.15) is 0 Å². The maximum absolute atomic E-state index is 13.0. The zero-order chi connectivity index (χ0) is 28.1. The molecule has 0 atom stereocenters. The number of para-hydroxylation sites is 1. The van der Waals surface area contributed by atoms with Crippen LogP contribution in [-0.2, 0) is 25.1 Å². The number of nitrogens with one attached hydrogen (secondary N) is 1. The number of rotatable bonds is 10. The van der Waals surface area contributed by atoms with Gasteiger partial charge in [-0.3, -0.25) is 9.36 Å². The highest BCUT2D eigenvalue weighted by Crippen LogP contribution is 2.28. The number of sulfone groups is 1. The van der Waals surface area contributed by atoms with E-state index in [9.17, 15) is 18.0 Å². The highest BCUT2D eigenvalue weighted by molar-refractivity contribution is 7.99. The number of benzene rings is 3. The van der Waals surface area contributed by atoms with E-state index in [1.54, 1.807) is 47.9 Å². The molecule has 40 heavy (non-hydrogen) atoms. The van der Waals surface area contributed by atoms with E-state index in [1.165, 1.54) is 23.5 Å². The minimum absolute atomic E-state index is 0.0135. The Hall–Kier alpha value is -4.07. The van der Waals surface area contributed by atoms with Crippen molar-refractivity contribution in [3.8, 4) is 5.69 Å². The van der Waals surface area contributed by atoms with Crippen molar-refractivity contribution in [2.75, 3.05) is 17.7 Å². The summed E-state index contributed by atoms with van der Waals surface area (Å²) >= 11 is 2.37. The van der Waals surface area contributed by atoms with E-state index in [0.717, 1.165) is 16.5 Å². The molecule has 1 amide bonds. The first-order chi connectivity index (χ1) is 19.3. The lowest BCUT2D eigenvalue weighted by atomic mass is 10.2. The number of nitrogens with zero attached hydrogens (tertiary/aromatic N) is 4. The summed E-state index contributed by atoms with van der Waals surface area (Å²) in [7, 11) is -3.67. The van der Waals surface area contributed by atoms with Gasteiger partial charge in [0.05, 0.1) is 33.0 Å². The van der Waals surface area contributed by atoms with E-state index in [0.29, 0.717) is 27.1 Å². The first kappa shape index (κ1) is 27.5. The van der Waals surface area contributed by atoms with Gasteiger partial charge < -0.3 is 10.1 Å². The molecule has 3 aromatic carbocycles. The number of thioether (sulfide) groups is 1. The molecule has 0 aliphatic rings. The molecule has 10 nitrogen and oxygen atoms in total. The molecule has 1 N–H and O–H groups in total. The van der Waals surface area contributed by atoms with Gasteiger partial charge in [0, 0.05) is 5.69 Å². The normalized spacial score (nSPS) is 11.4. The van der Waals surface area contributed by atoms with Crippen LogP contribution in [0, 0.1) is 0 Å². The van der Waals surface area contributed by atoms with Crippen molar-refractivity contribution in [3.05, 3.63) is 90.3 Å². The van der Waals surface area contributed by atoms with Crippen molar-refractivity contribution in [2.45, 2.75) is 22.7 Å². The van der Waals surface area contributed by atoms with Gasteiger partial charge in [0.15, 0.2) is 25.9 Å². The number of aromatic nitrogens is 4. The number of carbonyl (C=O) groups excluding carboxylic acids is 2. The Morgan fingerprint density at radius 2 is 1.73 bits per heavy atom. The van der Waals surface area contributed by atoms with E-state index in [-0.39, 0.29) is 34.7 Å². The number of thiazole rings is 1. The monoisotopic (exact) mass is 593 g/mol. The first-order valence-corrected chi connectivity index (χ1v) is 15.6. The average molecular weight is 594 g/mol. The molecule has 0 unspecified atom stereocenters. The lowest BCUT2D eigenvalue weighted by Gasteiger charge is -2.10. The highest BCUT2D eigenvalue weighted by Gasteiger charge is 2.23. The van der Waals surface area contributed by atoms with Crippen LogP contribution in [0.3, 0.4) is 0 Å². The van der Waals surface area contributed by atoms with Crippen molar-refractivity contribution in [3.63, 3.8) is 0 Å². The molecule has 0 bridgehead atoms. The van der Waals surface area contributed by atoms with Crippen LogP contribution in [0.4, 0.5) is 5.13 Å². The number of carbonyl (C=O) groups is 2. The second kappa shape index (κ2) is 12.0. The molecule has 0 aliphatic carbocycles. The van der Waals surface area contributed by atoms with Gasteiger partial charge in [0.1, 0.15) is 5.75 Å². The molecular formula is C27H23N5O5S3. The standard InChI is InChI=1S/C27H23N5O5S3/c1-2-37-25(34)18-13-14-21-22(15-18)39-26(28-21)29-24(33)16-38-27-31-30-23(32(27)19-9-5-3-6-10-19)17-40(35,36)20-11-7-4-8-12-20/h3-15H,2,16-17H2,1H3,(H,28,29,33). The maximum Gasteiger partial charge on any atom is 0.338 e. The van der Waals surface area contributed by atoms with Gasteiger partial charge in [0.2, 0.25) is 5.91 Å². The Labute approximate surface area is 238 Å². The molecule has 204 valence electrons. The Bertz CT molecular complexity index is 1770. The molecule has 2 aromatic heterocycles. The molecule has 0 saturated carbocycles. The van der Waals surface area contributed by atoms with Gasteiger partial charge in [-0.1, -0.05) is 59.5 Å². The van der Waals surface area contributed by atoms with E-state index in [2.05, 4.69) is 20.5 Å². The quantitative estimate of drug-likeness (QED) is 0.180. The Morgan fingerprint density at radius 1 is 1.00 bits per heavy atom. The third-order valence-electron chi connectivity index (χ3n) is 5.61. The summed E-state index contributed by atoms with van der Waals surface area (Å²) < 4.78 is 33.5. The van der Waals surface area contributed by atoms with Gasteiger partial charge in [-0.25, -0.2) is 18.2 Å². The van der Waals surface area contributed by atoms with Crippen LogP contribution in [-0.4, -0.2) is 52.4 Å². The van der Waals surface area contributed by atoms with E-state index < -0.39 is 15.8 Å². The molecule has 13 heteroatoms. The third-order valence-corrected chi connectivity index (χ3v) is 9.11. The minimum atomic E-state index is -3.67. The predicted octanol–water partition coefficient (Wildman–Crippen LogP) is 4.76. The molecule has 0 radical (unpaired) electrons. The largest absolute Gasteiger partial charge is 0.462 e. The molecule has 0 fully saturated rings. The van der Waals surface area contributed by atoms with Crippen LogP contribution in [0.5, 0.6) is 0 Å². The summed E-state index contributed by atoms with van der Waals surface area (Å²) in [5.41, 5.74) is 1.74. The fourth-order valence-electron chi connectivity index (χ4n) is 3.81. The topological polar surface area (TPSA) is 133 Å². The summed E-state index contributed by atoms with van der Waals surface area (Å²) in [4.78, 5) is 29.4.